The van der Waals surface area contributed by atoms with Gasteiger partial charge in [-0.3, -0.25) is 9.59 Å². The quantitative estimate of drug-likeness (QED) is 0.689. The molecule has 1 amide bonds. The van der Waals surface area contributed by atoms with E-state index in [0.29, 0.717) is 29.6 Å². The molecule has 0 bridgehead atoms. The fraction of sp³-hybridized carbons (Fsp3) is 0.350. The smallest absolute Gasteiger partial charge is 0.275 e. The molecule has 0 unspecified atom stereocenters. The third-order valence-electron chi connectivity index (χ3n) is 4.30. The molecule has 0 aliphatic rings. The first-order valence-corrected chi connectivity index (χ1v) is 9.54. The Balaban J connectivity index is 2.05. The molecule has 5 nitrogen and oxygen atoms in total. The van der Waals surface area contributed by atoms with Gasteiger partial charge in [0.15, 0.2) is 5.69 Å². The standard InChI is InChI=1S/C20H23N3O2S/c1-13(2)11-23-19(24)16-8-6-5-7-15(16)18(21-23)20(25)22(4)12-17-14(3)9-10-26-17/h5-10,13H,11-12H2,1-4H3. The summed E-state index contributed by atoms with van der Waals surface area (Å²) in [5, 5.41) is 7.60. The van der Waals surface area contributed by atoms with Gasteiger partial charge in [-0.2, -0.15) is 5.10 Å². The van der Waals surface area contributed by atoms with Gasteiger partial charge in [-0.05, 0) is 35.9 Å². The molecule has 0 aliphatic heterocycles. The average molecular weight is 369 g/mol. The van der Waals surface area contributed by atoms with E-state index < -0.39 is 0 Å². The Morgan fingerprint density at radius 2 is 1.92 bits per heavy atom. The molecule has 0 radical (unpaired) electrons. The number of aromatic nitrogens is 2. The van der Waals surface area contributed by atoms with E-state index in [9.17, 15) is 9.59 Å². The second kappa shape index (κ2) is 7.41. The Morgan fingerprint density at radius 3 is 2.54 bits per heavy atom. The van der Waals surface area contributed by atoms with Gasteiger partial charge in [0.1, 0.15) is 0 Å². The van der Waals surface area contributed by atoms with E-state index in [1.54, 1.807) is 35.4 Å². The summed E-state index contributed by atoms with van der Waals surface area (Å²) in [5.74, 6) is 0.0855. The molecule has 3 rings (SSSR count). The highest BCUT2D eigenvalue weighted by molar-refractivity contribution is 7.10. The van der Waals surface area contributed by atoms with Crippen molar-refractivity contribution in [1.29, 1.82) is 0 Å². The van der Waals surface area contributed by atoms with Gasteiger partial charge < -0.3 is 4.90 Å². The van der Waals surface area contributed by atoms with Gasteiger partial charge in [-0.25, -0.2) is 4.68 Å². The van der Waals surface area contributed by atoms with Gasteiger partial charge in [0.25, 0.3) is 11.5 Å². The highest BCUT2D eigenvalue weighted by atomic mass is 32.1. The van der Waals surface area contributed by atoms with E-state index in [0.717, 1.165) is 4.88 Å². The lowest BCUT2D eigenvalue weighted by Gasteiger charge is -2.18. The fourth-order valence-corrected chi connectivity index (χ4v) is 3.86. The van der Waals surface area contributed by atoms with E-state index in [-0.39, 0.29) is 17.4 Å². The van der Waals surface area contributed by atoms with Crippen molar-refractivity contribution in [3.63, 3.8) is 0 Å². The summed E-state index contributed by atoms with van der Waals surface area (Å²) in [6.45, 7) is 7.10. The van der Waals surface area contributed by atoms with Crippen LogP contribution in [0.3, 0.4) is 0 Å². The molecule has 26 heavy (non-hydrogen) atoms. The van der Waals surface area contributed by atoms with Crippen molar-refractivity contribution >= 4 is 28.0 Å². The maximum absolute atomic E-state index is 13.1. The van der Waals surface area contributed by atoms with E-state index in [4.69, 9.17) is 0 Å². The fourth-order valence-electron chi connectivity index (χ4n) is 2.90. The summed E-state index contributed by atoms with van der Waals surface area (Å²) in [5.41, 5.74) is 1.36. The van der Waals surface area contributed by atoms with Crippen LogP contribution in [0.25, 0.3) is 10.8 Å². The van der Waals surface area contributed by atoms with Crippen LogP contribution in [0.4, 0.5) is 0 Å². The SMILES string of the molecule is Cc1ccsc1CN(C)C(=O)c1nn(CC(C)C)c(=O)c2ccccc12. The second-order valence-electron chi connectivity index (χ2n) is 6.96. The number of aryl methyl sites for hydroxylation is 1. The summed E-state index contributed by atoms with van der Waals surface area (Å²) in [7, 11) is 1.77. The Bertz CT molecular complexity index is 1000. The van der Waals surface area contributed by atoms with Gasteiger partial charge in [0, 0.05) is 23.9 Å². The van der Waals surface area contributed by atoms with E-state index in [2.05, 4.69) is 11.2 Å². The van der Waals surface area contributed by atoms with E-state index >= 15 is 0 Å². The van der Waals surface area contributed by atoms with Crippen molar-refractivity contribution in [2.45, 2.75) is 33.9 Å². The zero-order chi connectivity index (χ0) is 18.8. The lowest BCUT2D eigenvalue weighted by Crippen LogP contribution is -2.32. The van der Waals surface area contributed by atoms with Gasteiger partial charge in [0.2, 0.25) is 0 Å². The Hall–Kier alpha value is -2.47. The summed E-state index contributed by atoms with van der Waals surface area (Å²) in [6.07, 6.45) is 0. The summed E-state index contributed by atoms with van der Waals surface area (Å²) >= 11 is 1.64. The molecule has 6 heteroatoms. The molecular formula is C20H23N3O2S. The molecule has 0 saturated carbocycles. The predicted octanol–water partition coefficient (Wildman–Crippen LogP) is 3.69. The van der Waals surface area contributed by atoms with Crippen LogP contribution in [0.2, 0.25) is 0 Å². The predicted molar refractivity (Wildman–Crippen MR) is 106 cm³/mol. The zero-order valence-corrected chi connectivity index (χ0v) is 16.3. The number of rotatable bonds is 5. The summed E-state index contributed by atoms with van der Waals surface area (Å²) in [4.78, 5) is 28.6. The van der Waals surface area contributed by atoms with Crippen molar-refractivity contribution in [2.75, 3.05) is 7.05 Å². The van der Waals surface area contributed by atoms with Crippen LogP contribution in [0.1, 0.15) is 34.8 Å². The number of hydrogen-bond acceptors (Lipinski definition) is 4. The molecule has 1 aromatic carbocycles. The van der Waals surface area contributed by atoms with E-state index in [1.807, 2.05) is 38.3 Å². The van der Waals surface area contributed by atoms with Crippen LogP contribution >= 0.6 is 11.3 Å². The minimum Gasteiger partial charge on any atom is -0.335 e. The lowest BCUT2D eigenvalue weighted by molar-refractivity contribution is 0.0779. The van der Waals surface area contributed by atoms with Crippen LogP contribution in [0, 0.1) is 12.8 Å². The molecule has 0 atom stereocenters. The van der Waals surface area contributed by atoms with E-state index in [1.165, 1.54) is 10.2 Å². The van der Waals surface area contributed by atoms with Crippen LogP contribution in [-0.2, 0) is 13.1 Å². The maximum atomic E-state index is 13.1. The highest BCUT2D eigenvalue weighted by Gasteiger charge is 2.21. The minimum absolute atomic E-state index is 0.150. The molecule has 3 aromatic rings. The monoisotopic (exact) mass is 369 g/mol. The van der Waals surface area contributed by atoms with Crippen molar-refractivity contribution in [1.82, 2.24) is 14.7 Å². The van der Waals surface area contributed by atoms with Crippen molar-refractivity contribution in [3.05, 3.63) is 62.2 Å². The number of carbonyl (C=O) groups is 1. The first-order chi connectivity index (χ1) is 12.4. The minimum atomic E-state index is -0.175. The van der Waals surface area contributed by atoms with Gasteiger partial charge in [0.05, 0.1) is 11.9 Å². The van der Waals surface area contributed by atoms with Crippen molar-refractivity contribution in [3.8, 4) is 0 Å². The second-order valence-corrected chi connectivity index (χ2v) is 7.96. The number of nitrogens with zero attached hydrogens (tertiary/aromatic N) is 3. The van der Waals surface area contributed by atoms with Gasteiger partial charge >= 0.3 is 0 Å². The maximum Gasteiger partial charge on any atom is 0.275 e. The molecule has 0 fully saturated rings. The molecule has 0 saturated heterocycles. The molecule has 0 spiro atoms. The molecule has 136 valence electrons. The molecule has 0 N–H and O–H groups in total. The number of hydrogen-bond donors (Lipinski definition) is 0. The van der Waals surface area contributed by atoms with Gasteiger partial charge in [-0.15, -0.1) is 11.3 Å². The van der Waals surface area contributed by atoms with Crippen LogP contribution in [0.15, 0.2) is 40.5 Å². The van der Waals surface area contributed by atoms with Crippen molar-refractivity contribution < 1.29 is 4.79 Å². The zero-order valence-electron chi connectivity index (χ0n) is 15.5. The first kappa shape index (κ1) is 18.3. The number of thiophene rings is 1. The average Bonchev–Trinajstić information content (AvgIpc) is 3.01. The van der Waals surface area contributed by atoms with Crippen LogP contribution in [0.5, 0.6) is 0 Å². The summed E-state index contributed by atoms with van der Waals surface area (Å²) in [6, 6.07) is 9.25. The molecular weight excluding hydrogens is 346 g/mol. The highest BCUT2D eigenvalue weighted by Crippen LogP contribution is 2.20. The first-order valence-electron chi connectivity index (χ1n) is 8.66. The largest absolute Gasteiger partial charge is 0.335 e. The normalized spacial score (nSPS) is 11.3. The van der Waals surface area contributed by atoms with Crippen molar-refractivity contribution in [2.24, 2.45) is 5.92 Å². The van der Waals surface area contributed by atoms with Crippen LogP contribution in [-0.4, -0.2) is 27.6 Å². The molecule has 2 aromatic heterocycles. The number of benzene rings is 1. The van der Waals surface area contributed by atoms with Crippen LogP contribution < -0.4 is 5.56 Å². The lowest BCUT2D eigenvalue weighted by atomic mass is 10.1. The Morgan fingerprint density at radius 1 is 1.23 bits per heavy atom. The van der Waals surface area contributed by atoms with Gasteiger partial charge in [-0.1, -0.05) is 32.0 Å². The molecule has 2 heterocycles. The third-order valence-corrected chi connectivity index (χ3v) is 5.31. The Kier molecular flexibility index (Phi) is 5.23. The third kappa shape index (κ3) is 3.55. The number of fused-ring (bicyclic) bond motifs is 1. The Labute approximate surface area is 156 Å². The number of carbonyl (C=O) groups excluding carboxylic acids is 1. The molecule has 0 aliphatic carbocycles. The summed E-state index contributed by atoms with van der Waals surface area (Å²) < 4.78 is 1.42. The topological polar surface area (TPSA) is 55.2 Å². The number of amides is 1.